The summed E-state index contributed by atoms with van der Waals surface area (Å²) in [5.74, 6) is -0.257. The van der Waals surface area contributed by atoms with E-state index in [0.29, 0.717) is 44.1 Å². The fourth-order valence-corrected chi connectivity index (χ4v) is 2.35. The standard InChI is InChI=1S/C16H22N4O5/c1-2-5-17-16(21)12-25-18-11-13-3-4-14(15(10-13)20(22)23)19-6-8-24-9-7-19/h3-4,10-11H,2,5-9,12H2,1H3,(H,17,21)/b18-11-. The molecule has 1 aliphatic rings. The van der Waals surface area contributed by atoms with Gasteiger partial charge in [0, 0.05) is 31.3 Å². The van der Waals surface area contributed by atoms with Crippen LogP contribution in [-0.2, 0) is 14.4 Å². The Balaban J connectivity index is 1.99. The Kier molecular flexibility index (Phi) is 7.15. The second-order valence-corrected chi connectivity index (χ2v) is 5.46. The van der Waals surface area contributed by atoms with Gasteiger partial charge in [0.15, 0.2) is 6.61 Å². The molecule has 0 saturated carbocycles. The molecule has 1 aliphatic heterocycles. The zero-order valence-electron chi connectivity index (χ0n) is 14.1. The number of benzene rings is 1. The highest BCUT2D eigenvalue weighted by Crippen LogP contribution is 2.29. The van der Waals surface area contributed by atoms with Crippen LogP contribution in [0.25, 0.3) is 0 Å². The predicted molar refractivity (Wildman–Crippen MR) is 93.0 cm³/mol. The number of nitro groups is 1. The third-order valence-electron chi connectivity index (χ3n) is 3.59. The molecule has 1 heterocycles. The Morgan fingerprint density at radius 2 is 2.24 bits per heavy atom. The molecule has 0 aromatic heterocycles. The summed E-state index contributed by atoms with van der Waals surface area (Å²) in [7, 11) is 0. The number of hydrogen-bond donors (Lipinski definition) is 1. The summed E-state index contributed by atoms with van der Waals surface area (Å²) < 4.78 is 5.27. The van der Waals surface area contributed by atoms with E-state index in [9.17, 15) is 14.9 Å². The van der Waals surface area contributed by atoms with Gasteiger partial charge in [-0.05, 0) is 12.5 Å². The Morgan fingerprint density at radius 1 is 1.48 bits per heavy atom. The third-order valence-corrected chi connectivity index (χ3v) is 3.59. The highest BCUT2D eigenvalue weighted by molar-refractivity contribution is 5.83. The first kappa shape index (κ1) is 18.7. The smallest absolute Gasteiger partial charge is 0.293 e. The number of nitrogens with zero attached hydrogens (tertiary/aromatic N) is 3. The van der Waals surface area contributed by atoms with Crippen LogP contribution in [0.15, 0.2) is 23.4 Å². The van der Waals surface area contributed by atoms with Gasteiger partial charge in [0.2, 0.25) is 0 Å². The van der Waals surface area contributed by atoms with Crippen molar-refractivity contribution in [1.82, 2.24) is 5.32 Å². The molecule has 0 bridgehead atoms. The van der Waals surface area contributed by atoms with Crippen LogP contribution in [0.3, 0.4) is 0 Å². The van der Waals surface area contributed by atoms with Crippen LogP contribution in [0.4, 0.5) is 11.4 Å². The van der Waals surface area contributed by atoms with E-state index in [1.807, 2.05) is 11.8 Å². The van der Waals surface area contributed by atoms with Gasteiger partial charge in [-0.3, -0.25) is 14.9 Å². The molecule has 0 unspecified atom stereocenters. The van der Waals surface area contributed by atoms with E-state index < -0.39 is 4.92 Å². The molecule has 1 N–H and O–H groups in total. The highest BCUT2D eigenvalue weighted by atomic mass is 16.6. The third kappa shape index (κ3) is 5.71. The molecule has 0 spiro atoms. The van der Waals surface area contributed by atoms with Crippen LogP contribution in [0.1, 0.15) is 18.9 Å². The van der Waals surface area contributed by atoms with Crippen molar-refractivity contribution in [3.8, 4) is 0 Å². The predicted octanol–water partition coefficient (Wildman–Crippen LogP) is 1.31. The monoisotopic (exact) mass is 350 g/mol. The van der Waals surface area contributed by atoms with Gasteiger partial charge in [-0.2, -0.15) is 0 Å². The maximum absolute atomic E-state index is 11.4. The van der Waals surface area contributed by atoms with Gasteiger partial charge in [-0.1, -0.05) is 18.1 Å². The van der Waals surface area contributed by atoms with Crippen molar-refractivity contribution in [2.45, 2.75) is 13.3 Å². The molecular weight excluding hydrogens is 328 g/mol. The van der Waals surface area contributed by atoms with Crippen molar-refractivity contribution in [3.63, 3.8) is 0 Å². The first-order valence-electron chi connectivity index (χ1n) is 8.15. The minimum atomic E-state index is -0.415. The van der Waals surface area contributed by atoms with Crippen molar-refractivity contribution >= 4 is 23.5 Å². The van der Waals surface area contributed by atoms with Gasteiger partial charge >= 0.3 is 0 Å². The summed E-state index contributed by atoms with van der Waals surface area (Å²) in [5, 5.41) is 17.7. The average Bonchev–Trinajstić information content (AvgIpc) is 2.64. The Bertz CT molecular complexity index is 629. The van der Waals surface area contributed by atoms with Crippen molar-refractivity contribution in [2.75, 3.05) is 44.4 Å². The zero-order valence-corrected chi connectivity index (χ0v) is 14.1. The molecule has 1 aromatic carbocycles. The number of ether oxygens (including phenoxy) is 1. The largest absolute Gasteiger partial charge is 0.386 e. The number of carbonyl (C=O) groups excluding carboxylic acids is 1. The van der Waals surface area contributed by atoms with E-state index in [2.05, 4.69) is 10.5 Å². The van der Waals surface area contributed by atoms with Crippen LogP contribution >= 0.6 is 0 Å². The van der Waals surface area contributed by atoms with Gasteiger partial charge in [0.05, 0.1) is 24.4 Å². The quantitative estimate of drug-likeness (QED) is 0.430. The lowest BCUT2D eigenvalue weighted by Crippen LogP contribution is -2.36. The summed E-state index contributed by atoms with van der Waals surface area (Å²) in [5.41, 5.74) is 1.09. The maximum Gasteiger partial charge on any atom is 0.293 e. The van der Waals surface area contributed by atoms with Crippen molar-refractivity contribution in [2.24, 2.45) is 5.16 Å². The first-order valence-corrected chi connectivity index (χ1v) is 8.15. The number of oxime groups is 1. The number of carbonyl (C=O) groups is 1. The lowest BCUT2D eigenvalue weighted by atomic mass is 10.1. The summed E-state index contributed by atoms with van der Waals surface area (Å²) in [4.78, 5) is 29.1. The van der Waals surface area contributed by atoms with Gasteiger partial charge in [0.25, 0.3) is 11.6 Å². The van der Waals surface area contributed by atoms with Crippen molar-refractivity contribution < 1.29 is 19.3 Å². The van der Waals surface area contributed by atoms with Gasteiger partial charge in [0.1, 0.15) is 5.69 Å². The van der Waals surface area contributed by atoms with Crippen LogP contribution in [0, 0.1) is 10.1 Å². The average molecular weight is 350 g/mol. The van der Waals surface area contributed by atoms with E-state index in [-0.39, 0.29) is 18.2 Å². The van der Waals surface area contributed by atoms with E-state index in [0.717, 1.165) is 6.42 Å². The molecule has 9 nitrogen and oxygen atoms in total. The molecule has 1 fully saturated rings. The maximum atomic E-state index is 11.4. The molecule has 136 valence electrons. The molecule has 0 radical (unpaired) electrons. The van der Waals surface area contributed by atoms with E-state index >= 15 is 0 Å². The molecular formula is C16H22N4O5. The lowest BCUT2D eigenvalue weighted by molar-refractivity contribution is -0.384. The summed E-state index contributed by atoms with van der Waals surface area (Å²) in [6.45, 7) is 4.68. The van der Waals surface area contributed by atoms with Crippen LogP contribution in [-0.4, -0.2) is 56.5 Å². The Hall–Kier alpha value is -2.68. The summed E-state index contributed by atoms with van der Waals surface area (Å²) in [6.07, 6.45) is 2.19. The van der Waals surface area contributed by atoms with Gasteiger partial charge in [-0.25, -0.2) is 0 Å². The lowest BCUT2D eigenvalue weighted by Gasteiger charge is -2.28. The molecule has 9 heteroatoms. The fraction of sp³-hybridized carbons (Fsp3) is 0.500. The highest BCUT2D eigenvalue weighted by Gasteiger charge is 2.21. The van der Waals surface area contributed by atoms with E-state index in [1.54, 1.807) is 12.1 Å². The minimum absolute atomic E-state index is 0.00605. The molecule has 1 saturated heterocycles. The molecule has 0 aliphatic carbocycles. The molecule has 25 heavy (non-hydrogen) atoms. The van der Waals surface area contributed by atoms with Crippen LogP contribution in [0.2, 0.25) is 0 Å². The van der Waals surface area contributed by atoms with Crippen molar-refractivity contribution in [3.05, 3.63) is 33.9 Å². The number of nitrogens with one attached hydrogen (secondary N) is 1. The SMILES string of the molecule is CCCNC(=O)CO/N=C\c1ccc(N2CCOCC2)c([N+](=O)[O-])c1. The second-order valence-electron chi connectivity index (χ2n) is 5.46. The Morgan fingerprint density at radius 3 is 2.92 bits per heavy atom. The van der Waals surface area contributed by atoms with Gasteiger partial charge < -0.3 is 19.8 Å². The minimum Gasteiger partial charge on any atom is -0.386 e. The molecule has 1 amide bonds. The van der Waals surface area contributed by atoms with E-state index in [4.69, 9.17) is 9.57 Å². The number of morpholine rings is 1. The first-order chi connectivity index (χ1) is 12.1. The molecule has 0 atom stereocenters. The molecule has 1 aromatic rings. The zero-order chi connectivity index (χ0) is 18.1. The molecule has 2 rings (SSSR count). The number of hydrogen-bond acceptors (Lipinski definition) is 7. The second kappa shape index (κ2) is 9.58. The Labute approximate surface area is 145 Å². The summed E-state index contributed by atoms with van der Waals surface area (Å²) in [6, 6.07) is 4.86. The number of nitro benzene ring substituents is 1. The number of rotatable bonds is 8. The summed E-state index contributed by atoms with van der Waals surface area (Å²) >= 11 is 0. The van der Waals surface area contributed by atoms with Crippen molar-refractivity contribution in [1.29, 1.82) is 0 Å². The van der Waals surface area contributed by atoms with Crippen LogP contribution in [0.5, 0.6) is 0 Å². The van der Waals surface area contributed by atoms with Crippen LogP contribution < -0.4 is 10.2 Å². The number of amides is 1. The fourth-order valence-electron chi connectivity index (χ4n) is 2.35. The topological polar surface area (TPSA) is 106 Å². The normalized spacial score (nSPS) is 14.5. The van der Waals surface area contributed by atoms with E-state index in [1.165, 1.54) is 12.3 Å². The van der Waals surface area contributed by atoms with Gasteiger partial charge in [-0.15, -0.1) is 0 Å². The number of anilines is 1.